The van der Waals surface area contributed by atoms with Crippen molar-refractivity contribution in [3.05, 3.63) is 21.1 Å². The standard InChI is InChI=1S/C8H6BrClO4/c1-14-4-2-3(8(12)13)5(9)6(10)7(4)11/h2,11H,1H3,(H,12,13). The Morgan fingerprint density at radius 1 is 1.64 bits per heavy atom. The van der Waals surface area contributed by atoms with Gasteiger partial charge in [-0.15, -0.1) is 0 Å². The quantitative estimate of drug-likeness (QED) is 0.874. The van der Waals surface area contributed by atoms with Crippen LogP contribution < -0.4 is 4.74 Å². The molecular formula is C8H6BrClO4. The monoisotopic (exact) mass is 280 g/mol. The van der Waals surface area contributed by atoms with Crippen molar-refractivity contribution in [3.8, 4) is 11.5 Å². The molecule has 0 heterocycles. The number of phenols is 1. The number of carboxylic acids is 1. The fourth-order valence-corrected chi connectivity index (χ4v) is 1.57. The zero-order chi connectivity index (χ0) is 10.9. The fraction of sp³-hybridized carbons (Fsp3) is 0.125. The molecule has 76 valence electrons. The Bertz CT molecular complexity index is 391. The summed E-state index contributed by atoms with van der Waals surface area (Å²) in [6.07, 6.45) is 0. The minimum Gasteiger partial charge on any atom is -0.503 e. The summed E-state index contributed by atoms with van der Waals surface area (Å²) < 4.78 is 4.88. The van der Waals surface area contributed by atoms with Gasteiger partial charge in [0.2, 0.25) is 0 Å². The predicted octanol–water partition coefficient (Wildman–Crippen LogP) is 2.51. The van der Waals surface area contributed by atoms with Crippen LogP contribution in [-0.2, 0) is 0 Å². The van der Waals surface area contributed by atoms with Crippen LogP contribution in [0.2, 0.25) is 5.02 Å². The van der Waals surface area contributed by atoms with Crippen LogP contribution in [0.3, 0.4) is 0 Å². The maximum Gasteiger partial charge on any atom is 0.337 e. The maximum atomic E-state index is 10.7. The number of aromatic carboxylic acids is 1. The van der Waals surface area contributed by atoms with Crippen LogP contribution in [0.15, 0.2) is 10.5 Å². The number of hydrogen-bond donors (Lipinski definition) is 2. The molecule has 0 aliphatic carbocycles. The van der Waals surface area contributed by atoms with Crippen molar-refractivity contribution in [1.29, 1.82) is 0 Å². The van der Waals surface area contributed by atoms with Gasteiger partial charge in [-0.1, -0.05) is 11.6 Å². The molecule has 0 saturated heterocycles. The Labute approximate surface area is 93.2 Å². The van der Waals surface area contributed by atoms with Gasteiger partial charge in [0.1, 0.15) is 5.02 Å². The molecule has 6 heteroatoms. The number of aromatic hydroxyl groups is 1. The Morgan fingerprint density at radius 2 is 2.21 bits per heavy atom. The SMILES string of the molecule is COc1cc(C(=O)O)c(Br)c(Cl)c1O. The zero-order valence-electron chi connectivity index (χ0n) is 7.04. The van der Waals surface area contributed by atoms with Gasteiger partial charge in [0, 0.05) is 0 Å². The van der Waals surface area contributed by atoms with E-state index < -0.39 is 5.97 Å². The first kappa shape index (κ1) is 11.1. The van der Waals surface area contributed by atoms with E-state index in [1.807, 2.05) is 0 Å². The first-order valence-electron chi connectivity index (χ1n) is 3.47. The van der Waals surface area contributed by atoms with E-state index in [1.165, 1.54) is 13.2 Å². The molecule has 0 atom stereocenters. The molecule has 0 amide bonds. The summed E-state index contributed by atoms with van der Waals surface area (Å²) in [6.45, 7) is 0. The minimum atomic E-state index is -1.16. The molecular weight excluding hydrogens is 275 g/mol. The van der Waals surface area contributed by atoms with Gasteiger partial charge in [0.15, 0.2) is 11.5 Å². The molecule has 0 spiro atoms. The van der Waals surface area contributed by atoms with E-state index in [2.05, 4.69) is 15.9 Å². The first-order valence-corrected chi connectivity index (χ1v) is 4.64. The highest BCUT2D eigenvalue weighted by Crippen LogP contribution is 2.41. The van der Waals surface area contributed by atoms with Crippen molar-refractivity contribution in [3.63, 3.8) is 0 Å². The van der Waals surface area contributed by atoms with E-state index in [1.54, 1.807) is 0 Å². The molecule has 0 unspecified atom stereocenters. The molecule has 0 saturated carbocycles. The van der Waals surface area contributed by atoms with E-state index >= 15 is 0 Å². The number of phenolic OH excluding ortho intramolecular Hbond substituents is 1. The van der Waals surface area contributed by atoms with E-state index in [0.717, 1.165) is 0 Å². The van der Waals surface area contributed by atoms with Crippen molar-refractivity contribution >= 4 is 33.5 Å². The van der Waals surface area contributed by atoms with Crippen LogP contribution >= 0.6 is 27.5 Å². The number of carboxylic acid groups (broad SMARTS) is 1. The lowest BCUT2D eigenvalue weighted by molar-refractivity contribution is 0.0695. The summed E-state index contributed by atoms with van der Waals surface area (Å²) in [6, 6.07) is 1.19. The fourth-order valence-electron chi connectivity index (χ4n) is 0.904. The van der Waals surface area contributed by atoms with Gasteiger partial charge < -0.3 is 14.9 Å². The summed E-state index contributed by atoms with van der Waals surface area (Å²) in [4.78, 5) is 10.7. The summed E-state index contributed by atoms with van der Waals surface area (Å²) in [7, 11) is 1.31. The third kappa shape index (κ3) is 1.78. The topological polar surface area (TPSA) is 66.8 Å². The summed E-state index contributed by atoms with van der Waals surface area (Å²) in [5, 5.41) is 18.1. The number of rotatable bonds is 2. The van der Waals surface area contributed by atoms with E-state index in [0.29, 0.717) is 0 Å². The number of hydrogen-bond acceptors (Lipinski definition) is 3. The number of ether oxygens (including phenoxy) is 1. The van der Waals surface area contributed by atoms with E-state index in [9.17, 15) is 9.90 Å². The first-order chi connectivity index (χ1) is 6.49. The summed E-state index contributed by atoms with van der Waals surface area (Å²) >= 11 is 8.64. The number of halogens is 2. The van der Waals surface area contributed by atoms with Crippen LogP contribution in [0.5, 0.6) is 11.5 Å². The second kappa shape index (κ2) is 4.06. The van der Waals surface area contributed by atoms with E-state index in [4.69, 9.17) is 21.4 Å². The lowest BCUT2D eigenvalue weighted by atomic mass is 10.2. The van der Waals surface area contributed by atoms with Gasteiger partial charge in [0.25, 0.3) is 0 Å². The third-order valence-corrected chi connectivity index (χ3v) is 3.02. The molecule has 2 N–H and O–H groups in total. The minimum absolute atomic E-state index is 0.0237. The summed E-state index contributed by atoms with van der Waals surface area (Å²) in [5.74, 6) is -1.42. The smallest absolute Gasteiger partial charge is 0.337 e. The molecule has 0 aliphatic rings. The van der Waals surface area contributed by atoms with Crippen molar-refractivity contribution in [2.45, 2.75) is 0 Å². The molecule has 0 aliphatic heterocycles. The Kier molecular flexibility index (Phi) is 3.23. The maximum absolute atomic E-state index is 10.7. The lowest BCUT2D eigenvalue weighted by Crippen LogP contribution is -1.99. The van der Waals surface area contributed by atoms with Gasteiger partial charge in [-0.3, -0.25) is 0 Å². The number of benzene rings is 1. The Hall–Kier alpha value is -0.940. The number of methoxy groups -OCH3 is 1. The Balaban J connectivity index is 3.48. The molecule has 1 aromatic rings. The highest BCUT2D eigenvalue weighted by atomic mass is 79.9. The van der Waals surface area contributed by atoms with Crippen molar-refractivity contribution < 1.29 is 19.7 Å². The molecule has 1 aromatic carbocycles. The van der Waals surface area contributed by atoms with Crippen LogP contribution in [0.25, 0.3) is 0 Å². The average molecular weight is 281 g/mol. The highest BCUT2D eigenvalue weighted by Gasteiger charge is 2.18. The normalized spacial score (nSPS) is 9.93. The largest absolute Gasteiger partial charge is 0.503 e. The van der Waals surface area contributed by atoms with Crippen LogP contribution in [-0.4, -0.2) is 23.3 Å². The van der Waals surface area contributed by atoms with Crippen LogP contribution in [0.1, 0.15) is 10.4 Å². The molecule has 4 nitrogen and oxygen atoms in total. The second-order valence-electron chi connectivity index (χ2n) is 2.41. The third-order valence-electron chi connectivity index (χ3n) is 1.60. The molecule has 0 aromatic heterocycles. The van der Waals surface area contributed by atoms with Crippen molar-refractivity contribution in [2.75, 3.05) is 7.11 Å². The average Bonchev–Trinajstić information content (AvgIpc) is 2.14. The molecule has 0 fully saturated rings. The van der Waals surface area contributed by atoms with Crippen LogP contribution in [0.4, 0.5) is 0 Å². The molecule has 0 radical (unpaired) electrons. The van der Waals surface area contributed by atoms with Crippen LogP contribution in [0, 0.1) is 0 Å². The molecule has 14 heavy (non-hydrogen) atoms. The van der Waals surface area contributed by atoms with Crippen molar-refractivity contribution in [2.24, 2.45) is 0 Å². The van der Waals surface area contributed by atoms with Gasteiger partial charge in [-0.2, -0.15) is 0 Å². The predicted molar refractivity (Wildman–Crippen MR) is 54.3 cm³/mol. The van der Waals surface area contributed by atoms with Crippen molar-refractivity contribution in [1.82, 2.24) is 0 Å². The zero-order valence-corrected chi connectivity index (χ0v) is 9.39. The van der Waals surface area contributed by atoms with E-state index in [-0.39, 0.29) is 26.6 Å². The molecule has 1 rings (SSSR count). The van der Waals surface area contributed by atoms with Gasteiger partial charge in [-0.25, -0.2) is 4.79 Å². The van der Waals surface area contributed by atoms with Gasteiger partial charge in [-0.05, 0) is 22.0 Å². The van der Waals surface area contributed by atoms with Gasteiger partial charge >= 0.3 is 5.97 Å². The lowest BCUT2D eigenvalue weighted by Gasteiger charge is -2.08. The number of carbonyl (C=O) groups is 1. The molecule has 0 bridgehead atoms. The summed E-state index contributed by atoms with van der Waals surface area (Å²) in [5.41, 5.74) is -0.0651. The second-order valence-corrected chi connectivity index (χ2v) is 3.58. The van der Waals surface area contributed by atoms with Gasteiger partial charge in [0.05, 0.1) is 17.1 Å². The highest BCUT2D eigenvalue weighted by molar-refractivity contribution is 9.10. The Morgan fingerprint density at radius 3 is 2.64 bits per heavy atom.